The van der Waals surface area contributed by atoms with E-state index in [0.29, 0.717) is 11.8 Å². The van der Waals surface area contributed by atoms with Gasteiger partial charge in [-0.25, -0.2) is 0 Å². The van der Waals surface area contributed by atoms with Crippen molar-refractivity contribution in [1.29, 1.82) is 0 Å². The van der Waals surface area contributed by atoms with E-state index < -0.39 is 0 Å². The average molecular weight is 315 g/mol. The van der Waals surface area contributed by atoms with Gasteiger partial charge in [0.25, 0.3) is 0 Å². The zero-order chi connectivity index (χ0) is 16.2. The van der Waals surface area contributed by atoms with Gasteiger partial charge in [0.15, 0.2) is 0 Å². The summed E-state index contributed by atoms with van der Waals surface area (Å²) in [5.41, 5.74) is 1.35. The number of carbonyl (C=O) groups is 2. The molecule has 5 heteroatoms. The molecule has 2 fully saturated rings. The molecule has 0 spiro atoms. The van der Waals surface area contributed by atoms with E-state index in [-0.39, 0.29) is 24.4 Å². The number of hydrogen-bond donors (Lipinski definition) is 2. The summed E-state index contributed by atoms with van der Waals surface area (Å²) in [5, 5.41) is 5.67. The lowest BCUT2D eigenvalue weighted by Gasteiger charge is -2.22. The van der Waals surface area contributed by atoms with Crippen LogP contribution in [0, 0.1) is 11.8 Å². The fourth-order valence-electron chi connectivity index (χ4n) is 3.97. The molecule has 0 bridgehead atoms. The Kier molecular flexibility index (Phi) is 4.96. The summed E-state index contributed by atoms with van der Waals surface area (Å²) in [6, 6.07) is 10.8. The second-order valence-electron chi connectivity index (χ2n) is 6.76. The highest BCUT2D eigenvalue weighted by Crippen LogP contribution is 2.38. The van der Waals surface area contributed by atoms with E-state index in [2.05, 4.69) is 39.8 Å². The Morgan fingerprint density at radius 2 is 1.96 bits per heavy atom. The second kappa shape index (κ2) is 7.13. The summed E-state index contributed by atoms with van der Waals surface area (Å²) in [6.07, 6.45) is 2.24. The summed E-state index contributed by atoms with van der Waals surface area (Å²) in [7, 11) is 0. The SMILES string of the molecule is CC(=O)NCC(=O)N[C@@H]1CC[C@H]2CN(Cc3ccccc3)C[C@H]21. The first-order chi connectivity index (χ1) is 11.1. The van der Waals surface area contributed by atoms with E-state index in [1.54, 1.807) is 0 Å². The average Bonchev–Trinajstić information content (AvgIpc) is 3.08. The minimum absolute atomic E-state index is 0.0765. The number of carbonyl (C=O) groups excluding carboxylic acids is 2. The van der Waals surface area contributed by atoms with Crippen molar-refractivity contribution in [1.82, 2.24) is 15.5 Å². The Morgan fingerprint density at radius 3 is 2.70 bits per heavy atom. The summed E-state index contributed by atoms with van der Waals surface area (Å²) >= 11 is 0. The van der Waals surface area contributed by atoms with Crippen LogP contribution in [-0.4, -0.2) is 42.4 Å². The van der Waals surface area contributed by atoms with Crippen molar-refractivity contribution in [2.45, 2.75) is 32.4 Å². The second-order valence-corrected chi connectivity index (χ2v) is 6.76. The molecule has 1 aliphatic heterocycles. The van der Waals surface area contributed by atoms with E-state index in [9.17, 15) is 9.59 Å². The van der Waals surface area contributed by atoms with E-state index in [0.717, 1.165) is 26.1 Å². The maximum atomic E-state index is 11.9. The van der Waals surface area contributed by atoms with Crippen LogP contribution in [0.4, 0.5) is 0 Å². The monoisotopic (exact) mass is 315 g/mol. The molecular formula is C18H25N3O2. The van der Waals surface area contributed by atoms with Crippen molar-refractivity contribution >= 4 is 11.8 Å². The molecule has 3 rings (SSSR count). The van der Waals surface area contributed by atoms with Crippen molar-refractivity contribution in [3.8, 4) is 0 Å². The maximum absolute atomic E-state index is 11.9. The Morgan fingerprint density at radius 1 is 1.17 bits per heavy atom. The van der Waals surface area contributed by atoms with Crippen molar-refractivity contribution in [2.75, 3.05) is 19.6 Å². The first-order valence-electron chi connectivity index (χ1n) is 8.42. The minimum Gasteiger partial charge on any atom is -0.351 e. The quantitative estimate of drug-likeness (QED) is 0.857. The number of hydrogen-bond acceptors (Lipinski definition) is 3. The largest absolute Gasteiger partial charge is 0.351 e. The van der Waals surface area contributed by atoms with Crippen LogP contribution in [0.15, 0.2) is 30.3 Å². The van der Waals surface area contributed by atoms with Crippen LogP contribution in [0.2, 0.25) is 0 Å². The number of fused-ring (bicyclic) bond motifs is 1. The highest BCUT2D eigenvalue weighted by Gasteiger charge is 2.42. The molecule has 0 unspecified atom stereocenters. The molecule has 124 valence electrons. The van der Waals surface area contributed by atoms with Crippen LogP contribution in [0.25, 0.3) is 0 Å². The molecule has 2 N–H and O–H groups in total. The zero-order valence-corrected chi connectivity index (χ0v) is 13.6. The predicted molar refractivity (Wildman–Crippen MR) is 88.5 cm³/mol. The molecule has 1 heterocycles. The summed E-state index contributed by atoms with van der Waals surface area (Å²) in [6.45, 7) is 4.66. The molecule has 1 aromatic carbocycles. The highest BCUT2D eigenvalue weighted by atomic mass is 16.2. The third-order valence-electron chi connectivity index (χ3n) is 5.03. The van der Waals surface area contributed by atoms with Crippen molar-refractivity contribution < 1.29 is 9.59 Å². The lowest BCUT2D eigenvalue weighted by molar-refractivity contribution is -0.125. The third kappa shape index (κ3) is 4.10. The fourth-order valence-corrected chi connectivity index (χ4v) is 3.97. The van der Waals surface area contributed by atoms with Gasteiger partial charge in [0.2, 0.25) is 11.8 Å². The number of rotatable bonds is 5. The summed E-state index contributed by atoms with van der Waals surface area (Å²) < 4.78 is 0. The number of benzene rings is 1. The lowest BCUT2D eigenvalue weighted by Crippen LogP contribution is -2.44. The number of amides is 2. The van der Waals surface area contributed by atoms with Crippen LogP contribution >= 0.6 is 0 Å². The van der Waals surface area contributed by atoms with Gasteiger partial charge in [0.05, 0.1) is 6.54 Å². The van der Waals surface area contributed by atoms with E-state index in [1.165, 1.54) is 18.9 Å². The predicted octanol–water partition coefficient (Wildman–Crippen LogP) is 1.15. The number of nitrogens with zero attached hydrogens (tertiary/aromatic N) is 1. The molecule has 1 aromatic rings. The van der Waals surface area contributed by atoms with Crippen molar-refractivity contribution in [3.05, 3.63) is 35.9 Å². The topological polar surface area (TPSA) is 61.4 Å². The van der Waals surface area contributed by atoms with Crippen molar-refractivity contribution in [2.24, 2.45) is 11.8 Å². The van der Waals surface area contributed by atoms with Gasteiger partial charge in [0, 0.05) is 32.6 Å². The van der Waals surface area contributed by atoms with Crippen LogP contribution in [-0.2, 0) is 16.1 Å². The van der Waals surface area contributed by atoms with Gasteiger partial charge in [-0.1, -0.05) is 30.3 Å². The molecule has 3 atom stereocenters. The van der Waals surface area contributed by atoms with Crippen LogP contribution in [0.5, 0.6) is 0 Å². The van der Waals surface area contributed by atoms with Gasteiger partial charge < -0.3 is 10.6 Å². The van der Waals surface area contributed by atoms with Crippen LogP contribution in [0.1, 0.15) is 25.3 Å². The van der Waals surface area contributed by atoms with Gasteiger partial charge >= 0.3 is 0 Å². The summed E-state index contributed by atoms with van der Waals surface area (Å²) in [4.78, 5) is 25.3. The van der Waals surface area contributed by atoms with Gasteiger partial charge in [-0.2, -0.15) is 0 Å². The van der Waals surface area contributed by atoms with Gasteiger partial charge in [0.1, 0.15) is 0 Å². The van der Waals surface area contributed by atoms with Gasteiger partial charge in [-0.05, 0) is 30.2 Å². The van der Waals surface area contributed by atoms with Gasteiger partial charge in [-0.15, -0.1) is 0 Å². The highest BCUT2D eigenvalue weighted by molar-refractivity contribution is 5.83. The van der Waals surface area contributed by atoms with E-state index in [1.807, 2.05) is 6.07 Å². The Bertz CT molecular complexity index is 561. The summed E-state index contributed by atoms with van der Waals surface area (Å²) in [5.74, 6) is 0.983. The molecule has 2 aliphatic rings. The Hall–Kier alpha value is -1.88. The molecule has 0 aromatic heterocycles. The smallest absolute Gasteiger partial charge is 0.239 e. The molecule has 5 nitrogen and oxygen atoms in total. The third-order valence-corrected chi connectivity index (χ3v) is 5.03. The minimum atomic E-state index is -0.167. The molecule has 1 saturated heterocycles. The lowest BCUT2D eigenvalue weighted by atomic mass is 9.98. The molecule has 1 aliphatic carbocycles. The van der Waals surface area contributed by atoms with Crippen molar-refractivity contribution in [3.63, 3.8) is 0 Å². The molecular weight excluding hydrogens is 290 g/mol. The molecule has 0 radical (unpaired) electrons. The number of nitrogens with one attached hydrogen (secondary N) is 2. The Labute approximate surface area is 137 Å². The molecule has 1 saturated carbocycles. The van der Waals surface area contributed by atoms with Crippen LogP contribution in [0.3, 0.4) is 0 Å². The number of likely N-dealkylation sites (tertiary alicyclic amines) is 1. The van der Waals surface area contributed by atoms with Crippen LogP contribution < -0.4 is 10.6 Å². The standard InChI is InChI=1S/C18H25N3O2/c1-13(22)19-9-18(23)20-17-8-7-15-11-21(12-16(15)17)10-14-5-3-2-4-6-14/h2-6,15-17H,7-12H2,1H3,(H,19,22)(H,20,23)/t15-,16+,17+/m0/s1. The normalized spacial score (nSPS) is 26.7. The maximum Gasteiger partial charge on any atom is 0.239 e. The first kappa shape index (κ1) is 16.0. The van der Waals surface area contributed by atoms with Gasteiger partial charge in [-0.3, -0.25) is 14.5 Å². The fraction of sp³-hybridized carbons (Fsp3) is 0.556. The van der Waals surface area contributed by atoms with E-state index in [4.69, 9.17) is 0 Å². The van der Waals surface area contributed by atoms with E-state index >= 15 is 0 Å². The Balaban J connectivity index is 1.50. The first-order valence-corrected chi connectivity index (χ1v) is 8.42. The molecule has 2 amide bonds. The molecule has 23 heavy (non-hydrogen) atoms. The zero-order valence-electron chi connectivity index (χ0n) is 13.6.